The third kappa shape index (κ3) is 5.89. The predicted molar refractivity (Wildman–Crippen MR) is 135 cm³/mol. The van der Waals surface area contributed by atoms with Crippen LogP contribution in [0.25, 0.3) is 0 Å². The Balaban J connectivity index is 1.53. The van der Waals surface area contributed by atoms with Crippen molar-refractivity contribution in [2.45, 2.75) is 18.2 Å². The van der Waals surface area contributed by atoms with E-state index in [1.165, 1.54) is 41.3 Å². The van der Waals surface area contributed by atoms with Crippen molar-refractivity contribution in [2.24, 2.45) is 4.99 Å². The molecular weight excluding hydrogens is 485 g/mol. The number of hydrogen-bond acceptors (Lipinski definition) is 6. The quantitative estimate of drug-likeness (QED) is 0.458. The second-order valence-electron chi connectivity index (χ2n) is 7.86. The molecule has 2 amide bonds. The number of ether oxygens (including phenoxy) is 1. The third-order valence-electron chi connectivity index (χ3n) is 5.37. The van der Waals surface area contributed by atoms with E-state index in [2.05, 4.69) is 10.3 Å². The number of thioether (sulfide) groups is 1. The van der Waals surface area contributed by atoms with Gasteiger partial charge in [-0.05, 0) is 54.1 Å². The smallest absolute Gasteiger partial charge is 0.335 e. The van der Waals surface area contributed by atoms with E-state index in [4.69, 9.17) is 9.84 Å². The van der Waals surface area contributed by atoms with Crippen molar-refractivity contribution in [3.63, 3.8) is 0 Å². The average Bonchev–Trinajstić information content (AvgIpc) is 3.15. The number of carboxylic acid groups (broad SMARTS) is 1. The van der Waals surface area contributed by atoms with E-state index in [-0.39, 0.29) is 30.1 Å². The van der Waals surface area contributed by atoms with Gasteiger partial charge in [0.25, 0.3) is 0 Å². The molecule has 0 unspecified atom stereocenters. The van der Waals surface area contributed by atoms with Crippen LogP contribution in [0.5, 0.6) is 5.75 Å². The summed E-state index contributed by atoms with van der Waals surface area (Å²) < 4.78 is 19.4. The highest BCUT2D eigenvalue weighted by Crippen LogP contribution is 2.34. The van der Waals surface area contributed by atoms with Gasteiger partial charge in [0.05, 0.1) is 19.2 Å². The van der Waals surface area contributed by atoms with Crippen LogP contribution in [0, 0.1) is 5.82 Å². The van der Waals surface area contributed by atoms with Crippen LogP contribution < -0.4 is 10.1 Å². The number of amides is 2. The summed E-state index contributed by atoms with van der Waals surface area (Å²) in [7, 11) is 1.56. The molecule has 8 nitrogen and oxygen atoms in total. The van der Waals surface area contributed by atoms with Gasteiger partial charge in [0, 0.05) is 12.1 Å². The standard InChI is InChI=1S/C26H22FN3O5S/c1-35-19-12-6-16(7-13-19)15-30-24(32)22(36-26(30)29-21-5-3-2-4-20(21)27)14-23(31)28-18-10-8-17(9-11-18)25(33)34/h2-13,22H,14-15H2,1H3,(H,28,31)(H,33,34)/t22-/m1/s1. The Morgan fingerprint density at radius 3 is 2.42 bits per heavy atom. The van der Waals surface area contributed by atoms with Gasteiger partial charge in [0.15, 0.2) is 5.17 Å². The number of aromatic carboxylic acids is 1. The summed E-state index contributed by atoms with van der Waals surface area (Å²) in [6, 6.07) is 18.9. The largest absolute Gasteiger partial charge is 0.497 e. The number of para-hydroxylation sites is 1. The first kappa shape index (κ1) is 24.9. The van der Waals surface area contributed by atoms with Crippen LogP contribution in [0.4, 0.5) is 15.8 Å². The molecule has 1 atom stereocenters. The molecule has 1 heterocycles. The van der Waals surface area contributed by atoms with Crippen molar-refractivity contribution in [1.82, 2.24) is 4.90 Å². The van der Waals surface area contributed by atoms with Gasteiger partial charge in [0.1, 0.15) is 22.5 Å². The molecule has 1 aliphatic heterocycles. The zero-order chi connectivity index (χ0) is 25.7. The predicted octanol–water partition coefficient (Wildman–Crippen LogP) is 4.69. The minimum Gasteiger partial charge on any atom is -0.497 e. The van der Waals surface area contributed by atoms with Crippen LogP contribution in [-0.2, 0) is 16.1 Å². The zero-order valence-electron chi connectivity index (χ0n) is 19.2. The molecule has 0 radical (unpaired) electrons. The van der Waals surface area contributed by atoms with Gasteiger partial charge in [-0.15, -0.1) is 0 Å². The first-order chi connectivity index (χ1) is 17.3. The summed E-state index contributed by atoms with van der Waals surface area (Å²) in [5.74, 6) is -1.65. The second kappa shape index (κ2) is 11.0. The average molecular weight is 508 g/mol. The number of carbonyl (C=O) groups is 3. The van der Waals surface area contributed by atoms with E-state index >= 15 is 0 Å². The number of methoxy groups -OCH3 is 1. The van der Waals surface area contributed by atoms with Gasteiger partial charge in [-0.2, -0.15) is 0 Å². The molecule has 10 heteroatoms. The van der Waals surface area contributed by atoms with Crippen LogP contribution in [0.2, 0.25) is 0 Å². The molecule has 36 heavy (non-hydrogen) atoms. The van der Waals surface area contributed by atoms with E-state index in [1.54, 1.807) is 31.4 Å². The minimum atomic E-state index is -1.07. The molecule has 0 saturated carbocycles. The first-order valence-electron chi connectivity index (χ1n) is 10.9. The van der Waals surface area contributed by atoms with Gasteiger partial charge in [-0.25, -0.2) is 14.2 Å². The van der Waals surface area contributed by atoms with E-state index in [1.807, 2.05) is 12.1 Å². The van der Waals surface area contributed by atoms with Gasteiger partial charge in [0.2, 0.25) is 11.8 Å². The molecule has 1 fully saturated rings. The van der Waals surface area contributed by atoms with E-state index in [9.17, 15) is 18.8 Å². The number of nitrogens with zero attached hydrogens (tertiary/aromatic N) is 2. The summed E-state index contributed by atoms with van der Waals surface area (Å²) in [5.41, 5.74) is 1.42. The summed E-state index contributed by atoms with van der Waals surface area (Å²) in [6.07, 6.45) is -0.139. The van der Waals surface area contributed by atoms with E-state index in [0.717, 1.165) is 17.3 Å². The lowest BCUT2D eigenvalue weighted by molar-refractivity contribution is -0.128. The normalized spacial score (nSPS) is 16.3. The molecule has 0 spiro atoms. The van der Waals surface area contributed by atoms with Crippen LogP contribution >= 0.6 is 11.8 Å². The summed E-state index contributed by atoms with van der Waals surface area (Å²) >= 11 is 1.10. The molecule has 0 bridgehead atoms. The Morgan fingerprint density at radius 2 is 1.78 bits per heavy atom. The Kier molecular flexibility index (Phi) is 7.65. The molecule has 3 aromatic rings. The molecular formula is C26H22FN3O5S. The fraction of sp³-hybridized carbons (Fsp3) is 0.154. The molecule has 3 aromatic carbocycles. The molecule has 0 aromatic heterocycles. The monoisotopic (exact) mass is 507 g/mol. The maximum absolute atomic E-state index is 14.3. The SMILES string of the molecule is COc1ccc(CN2C(=O)[C@@H](CC(=O)Nc3ccc(C(=O)O)cc3)SC2=Nc2ccccc2F)cc1. The molecule has 1 aliphatic rings. The Labute approximate surface area is 210 Å². The molecule has 0 aliphatic carbocycles. The minimum absolute atomic E-state index is 0.0937. The number of nitrogens with one attached hydrogen (secondary N) is 1. The highest BCUT2D eigenvalue weighted by Gasteiger charge is 2.39. The Morgan fingerprint density at radius 1 is 1.08 bits per heavy atom. The lowest BCUT2D eigenvalue weighted by Crippen LogP contribution is -2.33. The molecule has 2 N–H and O–H groups in total. The number of hydrogen-bond donors (Lipinski definition) is 2. The second-order valence-corrected chi connectivity index (χ2v) is 9.03. The van der Waals surface area contributed by atoms with Crippen molar-refractivity contribution in [1.29, 1.82) is 0 Å². The number of amidine groups is 1. The van der Waals surface area contributed by atoms with Crippen LogP contribution in [0.15, 0.2) is 77.8 Å². The van der Waals surface area contributed by atoms with Crippen LogP contribution in [-0.4, -0.2) is 45.3 Å². The number of halogens is 1. The number of carbonyl (C=O) groups excluding carboxylic acids is 2. The van der Waals surface area contributed by atoms with Crippen LogP contribution in [0.3, 0.4) is 0 Å². The van der Waals surface area contributed by atoms with Gasteiger partial charge >= 0.3 is 5.97 Å². The van der Waals surface area contributed by atoms with Gasteiger partial charge in [-0.1, -0.05) is 36.0 Å². The van der Waals surface area contributed by atoms with Crippen LogP contribution in [0.1, 0.15) is 22.3 Å². The van der Waals surface area contributed by atoms with E-state index in [0.29, 0.717) is 16.6 Å². The lowest BCUT2D eigenvalue weighted by Gasteiger charge is -2.17. The maximum atomic E-state index is 14.3. The highest BCUT2D eigenvalue weighted by atomic mass is 32.2. The first-order valence-corrected chi connectivity index (χ1v) is 11.8. The Hall–Kier alpha value is -4.18. The zero-order valence-corrected chi connectivity index (χ0v) is 20.0. The molecule has 4 rings (SSSR count). The van der Waals surface area contributed by atoms with Crippen molar-refractivity contribution >= 4 is 46.1 Å². The number of carboxylic acids is 1. The number of anilines is 1. The molecule has 1 saturated heterocycles. The fourth-order valence-corrected chi connectivity index (χ4v) is 4.66. The number of rotatable bonds is 8. The van der Waals surface area contributed by atoms with Gasteiger partial charge < -0.3 is 15.2 Å². The molecule has 184 valence electrons. The van der Waals surface area contributed by atoms with E-state index < -0.39 is 22.9 Å². The highest BCUT2D eigenvalue weighted by molar-refractivity contribution is 8.15. The summed E-state index contributed by atoms with van der Waals surface area (Å²) in [5, 5.41) is 11.2. The summed E-state index contributed by atoms with van der Waals surface area (Å²) in [6.45, 7) is 0.192. The topological polar surface area (TPSA) is 108 Å². The van der Waals surface area contributed by atoms with Crippen molar-refractivity contribution in [3.8, 4) is 5.75 Å². The number of benzene rings is 3. The Bertz CT molecular complexity index is 1310. The summed E-state index contributed by atoms with van der Waals surface area (Å²) in [4.78, 5) is 42.8. The third-order valence-corrected chi connectivity index (χ3v) is 6.55. The maximum Gasteiger partial charge on any atom is 0.335 e. The van der Waals surface area contributed by atoms with Gasteiger partial charge in [-0.3, -0.25) is 14.5 Å². The van der Waals surface area contributed by atoms with Crippen molar-refractivity contribution in [3.05, 3.63) is 89.7 Å². The number of aliphatic imine (C=N–C) groups is 1. The van der Waals surface area contributed by atoms with Crippen molar-refractivity contribution in [2.75, 3.05) is 12.4 Å². The van der Waals surface area contributed by atoms with Crippen molar-refractivity contribution < 1.29 is 28.6 Å². The lowest BCUT2D eigenvalue weighted by atomic mass is 10.2. The fourth-order valence-electron chi connectivity index (χ4n) is 3.51.